The van der Waals surface area contributed by atoms with Crippen LogP contribution in [0.4, 0.5) is 0 Å². The van der Waals surface area contributed by atoms with Gasteiger partial charge in [0, 0.05) is 26.0 Å². The van der Waals surface area contributed by atoms with Crippen LogP contribution in [0.1, 0.15) is 72.1 Å². The normalized spacial score (nSPS) is 33.4. The van der Waals surface area contributed by atoms with Crippen molar-refractivity contribution in [3.63, 3.8) is 0 Å². The summed E-state index contributed by atoms with van der Waals surface area (Å²) in [6.07, 6.45) is 12.3. The number of aliphatic hydroxyl groups excluding tert-OH is 2. The first-order valence-electron chi connectivity index (χ1n) is 13.4. The smallest absolute Gasteiger partial charge is 0.160 e. The summed E-state index contributed by atoms with van der Waals surface area (Å²) in [7, 11) is 1.00. The molecule has 3 aliphatic carbocycles. The standard InChI is InChI=1S/C27H44N2O3.CH4O/c1-18(2)21-7-10-27(3)11-8-22-23(26(21)27)6-5-19(17-29-13-4-12-28)15-24(22)32-25-16-20(30)9-14-31-25;1-2/h5-6,18,20,22,24-25,29-30H,4,7-17,28H2,1-3H3;2H,1H3. The SMILES string of the molecule is CC(C)C1=C2C3=CC=C(CNCCCN)CC(OC4CC(O)CCO4)C3CCC2(C)CC1.CO. The number of rotatable bonds is 8. The fourth-order valence-electron chi connectivity index (χ4n) is 6.28. The second-order valence-electron chi connectivity index (χ2n) is 10.9. The van der Waals surface area contributed by atoms with Gasteiger partial charge in [0.15, 0.2) is 6.29 Å². The van der Waals surface area contributed by atoms with E-state index in [4.69, 9.17) is 20.3 Å². The molecular formula is C28H48N2O4. The lowest BCUT2D eigenvalue weighted by atomic mass is 9.64. The molecule has 34 heavy (non-hydrogen) atoms. The Morgan fingerprint density at radius 2 is 2.03 bits per heavy atom. The van der Waals surface area contributed by atoms with E-state index < -0.39 is 0 Å². The van der Waals surface area contributed by atoms with E-state index >= 15 is 0 Å². The van der Waals surface area contributed by atoms with Crippen LogP contribution in [-0.2, 0) is 9.47 Å². The van der Waals surface area contributed by atoms with Crippen LogP contribution in [0.2, 0.25) is 0 Å². The van der Waals surface area contributed by atoms with Crippen LogP contribution in [0, 0.1) is 17.3 Å². The van der Waals surface area contributed by atoms with Gasteiger partial charge in [-0.15, -0.1) is 0 Å². The van der Waals surface area contributed by atoms with Crippen molar-refractivity contribution in [2.24, 2.45) is 23.0 Å². The first-order chi connectivity index (χ1) is 16.4. The number of hydrogen-bond donors (Lipinski definition) is 4. The summed E-state index contributed by atoms with van der Waals surface area (Å²) in [6, 6.07) is 0. The number of nitrogens with two attached hydrogens (primary N) is 1. The molecule has 5 N–H and O–H groups in total. The average Bonchev–Trinajstić information content (AvgIpc) is 3.09. The molecule has 0 bridgehead atoms. The second kappa shape index (κ2) is 12.8. The van der Waals surface area contributed by atoms with E-state index in [2.05, 4.69) is 38.2 Å². The van der Waals surface area contributed by atoms with Gasteiger partial charge in [0.2, 0.25) is 0 Å². The van der Waals surface area contributed by atoms with Gasteiger partial charge in [-0.2, -0.15) is 0 Å². The van der Waals surface area contributed by atoms with Crippen molar-refractivity contribution in [3.8, 4) is 0 Å². The largest absolute Gasteiger partial charge is 0.400 e. The van der Waals surface area contributed by atoms with E-state index in [1.807, 2.05) is 0 Å². The lowest BCUT2D eigenvalue weighted by Gasteiger charge is -2.43. The molecule has 6 heteroatoms. The Morgan fingerprint density at radius 1 is 1.24 bits per heavy atom. The van der Waals surface area contributed by atoms with Gasteiger partial charge < -0.3 is 30.7 Å². The summed E-state index contributed by atoms with van der Waals surface area (Å²) in [5, 5.41) is 20.7. The minimum Gasteiger partial charge on any atom is -0.400 e. The molecular weight excluding hydrogens is 428 g/mol. The maximum absolute atomic E-state index is 10.2. The molecule has 0 aromatic heterocycles. The van der Waals surface area contributed by atoms with E-state index in [1.54, 1.807) is 11.1 Å². The zero-order valence-corrected chi connectivity index (χ0v) is 21.8. The Kier molecular flexibility index (Phi) is 10.4. The van der Waals surface area contributed by atoms with Gasteiger partial charge >= 0.3 is 0 Å². The van der Waals surface area contributed by atoms with Crippen LogP contribution in [-0.4, -0.2) is 62.1 Å². The fraction of sp³-hybridized carbons (Fsp3) is 0.786. The third kappa shape index (κ3) is 6.40. The fourth-order valence-corrected chi connectivity index (χ4v) is 6.28. The Morgan fingerprint density at radius 3 is 2.74 bits per heavy atom. The van der Waals surface area contributed by atoms with Gasteiger partial charge in [-0.05, 0) is 80.5 Å². The number of hydrogen-bond acceptors (Lipinski definition) is 6. The lowest BCUT2D eigenvalue weighted by Crippen LogP contribution is -2.40. The van der Waals surface area contributed by atoms with Crippen molar-refractivity contribution >= 4 is 0 Å². The molecule has 0 spiro atoms. The van der Waals surface area contributed by atoms with Crippen molar-refractivity contribution in [2.45, 2.75) is 90.6 Å². The molecule has 1 heterocycles. The first kappa shape index (κ1) is 27.6. The molecule has 194 valence electrons. The zero-order chi connectivity index (χ0) is 24.7. The summed E-state index contributed by atoms with van der Waals surface area (Å²) in [5.74, 6) is 0.984. The Hall–Kier alpha value is -1.02. The summed E-state index contributed by atoms with van der Waals surface area (Å²) in [5.41, 5.74) is 12.2. The predicted octanol–water partition coefficient (Wildman–Crippen LogP) is 3.84. The Labute approximate surface area is 206 Å². The summed E-state index contributed by atoms with van der Waals surface area (Å²) in [6.45, 7) is 10.3. The van der Waals surface area contributed by atoms with Crippen LogP contribution >= 0.6 is 0 Å². The summed E-state index contributed by atoms with van der Waals surface area (Å²) in [4.78, 5) is 0. The van der Waals surface area contributed by atoms with Crippen LogP contribution in [0.15, 0.2) is 34.4 Å². The van der Waals surface area contributed by atoms with E-state index in [-0.39, 0.29) is 18.5 Å². The van der Waals surface area contributed by atoms with Gasteiger partial charge in [-0.25, -0.2) is 0 Å². The van der Waals surface area contributed by atoms with Crippen LogP contribution in [0.3, 0.4) is 0 Å². The van der Waals surface area contributed by atoms with E-state index in [1.165, 1.54) is 36.8 Å². The summed E-state index contributed by atoms with van der Waals surface area (Å²) < 4.78 is 12.6. The highest BCUT2D eigenvalue weighted by molar-refractivity contribution is 5.50. The van der Waals surface area contributed by atoms with Crippen LogP contribution in [0.5, 0.6) is 0 Å². The van der Waals surface area contributed by atoms with Gasteiger partial charge in [0.25, 0.3) is 0 Å². The van der Waals surface area contributed by atoms with E-state index in [0.717, 1.165) is 39.6 Å². The first-order valence-corrected chi connectivity index (χ1v) is 13.4. The second-order valence-corrected chi connectivity index (χ2v) is 10.9. The molecule has 1 aliphatic heterocycles. The molecule has 0 radical (unpaired) electrons. The number of allylic oxidation sites excluding steroid dienone is 4. The highest BCUT2D eigenvalue weighted by Gasteiger charge is 2.47. The highest BCUT2D eigenvalue weighted by Crippen LogP contribution is 2.58. The van der Waals surface area contributed by atoms with Gasteiger partial charge in [0.05, 0.1) is 18.8 Å². The molecule has 0 amide bonds. The average molecular weight is 477 g/mol. The van der Waals surface area contributed by atoms with Crippen molar-refractivity contribution < 1.29 is 19.7 Å². The zero-order valence-electron chi connectivity index (χ0n) is 21.8. The molecule has 6 nitrogen and oxygen atoms in total. The van der Waals surface area contributed by atoms with Crippen LogP contribution in [0.25, 0.3) is 0 Å². The Bertz CT molecular complexity index is 760. The molecule has 4 aliphatic rings. The quantitative estimate of drug-likeness (QED) is 0.398. The summed E-state index contributed by atoms with van der Waals surface area (Å²) >= 11 is 0. The van der Waals surface area contributed by atoms with Crippen molar-refractivity contribution in [2.75, 3.05) is 33.4 Å². The van der Waals surface area contributed by atoms with Crippen molar-refractivity contribution in [1.82, 2.24) is 5.32 Å². The Balaban J connectivity index is 0.00000158. The molecule has 4 rings (SSSR count). The maximum atomic E-state index is 10.2. The topological polar surface area (TPSA) is 97.0 Å². The van der Waals surface area contributed by atoms with Crippen molar-refractivity contribution in [3.05, 3.63) is 34.4 Å². The molecule has 5 unspecified atom stereocenters. The number of nitrogens with one attached hydrogen (secondary N) is 1. The maximum Gasteiger partial charge on any atom is 0.160 e. The molecule has 2 fully saturated rings. The minimum absolute atomic E-state index is 0.0904. The van der Waals surface area contributed by atoms with Crippen LogP contribution < -0.4 is 11.1 Å². The molecule has 1 saturated carbocycles. The minimum atomic E-state index is -0.317. The highest BCUT2D eigenvalue weighted by atomic mass is 16.7. The van der Waals surface area contributed by atoms with Gasteiger partial charge in [-0.3, -0.25) is 0 Å². The predicted molar refractivity (Wildman–Crippen MR) is 137 cm³/mol. The van der Waals surface area contributed by atoms with E-state index in [0.29, 0.717) is 36.7 Å². The number of fused-ring (bicyclic) bond motifs is 3. The number of ether oxygens (including phenoxy) is 2. The molecule has 1 saturated heterocycles. The third-order valence-corrected chi connectivity index (χ3v) is 8.13. The molecule has 0 aromatic rings. The monoisotopic (exact) mass is 476 g/mol. The van der Waals surface area contributed by atoms with Crippen molar-refractivity contribution in [1.29, 1.82) is 0 Å². The van der Waals surface area contributed by atoms with Gasteiger partial charge in [0.1, 0.15) is 0 Å². The number of aliphatic hydroxyl groups is 2. The molecule has 0 aromatic carbocycles. The van der Waals surface area contributed by atoms with E-state index in [9.17, 15) is 5.11 Å². The third-order valence-electron chi connectivity index (χ3n) is 8.13. The lowest BCUT2D eigenvalue weighted by molar-refractivity contribution is -0.213. The molecule has 5 atom stereocenters. The van der Waals surface area contributed by atoms with Gasteiger partial charge in [-0.1, -0.05) is 44.1 Å².